The number of amides is 1. The number of carbonyl (C=O) groups is 2. The summed E-state index contributed by atoms with van der Waals surface area (Å²) in [5.41, 5.74) is 6.93. The minimum Gasteiger partial charge on any atom is -0.478 e. The van der Waals surface area contributed by atoms with E-state index in [4.69, 9.17) is 10.8 Å². The number of rotatable bonds is 7. The normalized spacial score (nSPS) is 10.1. The summed E-state index contributed by atoms with van der Waals surface area (Å²) >= 11 is 0. The van der Waals surface area contributed by atoms with E-state index < -0.39 is 5.97 Å². The highest BCUT2D eigenvalue weighted by molar-refractivity contribution is 5.90. The van der Waals surface area contributed by atoms with Gasteiger partial charge >= 0.3 is 5.97 Å². The van der Waals surface area contributed by atoms with Crippen LogP contribution >= 0.6 is 0 Å². The van der Waals surface area contributed by atoms with Crippen molar-refractivity contribution in [2.45, 2.75) is 20.3 Å². The first-order chi connectivity index (χ1) is 9.49. The number of carbonyl (C=O) groups excluding carboxylic acids is 1. The van der Waals surface area contributed by atoms with E-state index in [0.29, 0.717) is 37.4 Å². The third-order valence-corrected chi connectivity index (χ3v) is 3.07. The molecule has 0 radical (unpaired) electrons. The largest absolute Gasteiger partial charge is 0.478 e. The van der Waals surface area contributed by atoms with E-state index in [0.717, 1.165) is 0 Å². The van der Waals surface area contributed by atoms with Gasteiger partial charge in [0.2, 0.25) is 5.91 Å². The Labute approximate surface area is 118 Å². The zero-order chi connectivity index (χ0) is 15.1. The molecular formula is C14H21N3O3. The van der Waals surface area contributed by atoms with Crippen LogP contribution in [0.15, 0.2) is 18.2 Å². The number of anilines is 2. The van der Waals surface area contributed by atoms with Crippen LogP contribution in [0.25, 0.3) is 0 Å². The number of nitrogens with zero attached hydrogens (tertiary/aromatic N) is 1. The zero-order valence-corrected chi connectivity index (χ0v) is 11.8. The molecule has 0 atom stereocenters. The molecule has 1 rings (SSSR count). The van der Waals surface area contributed by atoms with Gasteiger partial charge in [-0.15, -0.1) is 0 Å². The summed E-state index contributed by atoms with van der Waals surface area (Å²) in [6, 6.07) is 4.46. The molecule has 1 aromatic rings. The summed E-state index contributed by atoms with van der Waals surface area (Å²) in [5, 5.41) is 11.9. The van der Waals surface area contributed by atoms with Gasteiger partial charge in [0.25, 0.3) is 0 Å². The van der Waals surface area contributed by atoms with Crippen LogP contribution in [0.3, 0.4) is 0 Å². The molecule has 0 bridgehead atoms. The molecule has 0 aromatic heterocycles. The van der Waals surface area contributed by atoms with Crippen molar-refractivity contribution >= 4 is 23.3 Å². The molecule has 20 heavy (non-hydrogen) atoms. The lowest BCUT2D eigenvalue weighted by atomic mass is 10.1. The van der Waals surface area contributed by atoms with Crippen LogP contribution in [0, 0.1) is 0 Å². The first-order valence-corrected chi connectivity index (χ1v) is 6.64. The Bertz CT molecular complexity index is 485. The number of aromatic carboxylic acids is 1. The second kappa shape index (κ2) is 7.37. The number of hydrogen-bond acceptors (Lipinski definition) is 4. The minimum absolute atomic E-state index is 0.0652. The molecule has 6 nitrogen and oxygen atoms in total. The summed E-state index contributed by atoms with van der Waals surface area (Å²) in [4.78, 5) is 24.4. The molecule has 4 N–H and O–H groups in total. The number of hydrogen-bond donors (Lipinski definition) is 3. The number of nitrogens with one attached hydrogen (secondary N) is 1. The Balaban J connectivity index is 2.60. The van der Waals surface area contributed by atoms with Crippen LogP contribution in [0.1, 0.15) is 30.6 Å². The maximum absolute atomic E-state index is 11.8. The molecule has 0 spiro atoms. The summed E-state index contributed by atoms with van der Waals surface area (Å²) in [6.45, 7) is 5.66. The van der Waals surface area contributed by atoms with Gasteiger partial charge in [0.15, 0.2) is 0 Å². The summed E-state index contributed by atoms with van der Waals surface area (Å²) in [7, 11) is 0. The van der Waals surface area contributed by atoms with Gasteiger partial charge in [-0.2, -0.15) is 0 Å². The smallest absolute Gasteiger partial charge is 0.335 e. The van der Waals surface area contributed by atoms with Crippen molar-refractivity contribution in [3.8, 4) is 0 Å². The summed E-state index contributed by atoms with van der Waals surface area (Å²) in [5.74, 6) is -0.942. The fourth-order valence-corrected chi connectivity index (χ4v) is 1.88. The SMILES string of the molecule is CCN(CC)C(=O)CCNc1cc(C(=O)O)ccc1N. The van der Waals surface area contributed by atoms with Gasteiger partial charge in [-0.1, -0.05) is 0 Å². The number of benzene rings is 1. The second-order valence-corrected chi connectivity index (χ2v) is 4.35. The lowest BCUT2D eigenvalue weighted by Crippen LogP contribution is -2.31. The number of nitrogen functional groups attached to an aromatic ring is 1. The molecule has 0 fully saturated rings. The van der Waals surface area contributed by atoms with Gasteiger partial charge in [-0.05, 0) is 32.0 Å². The van der Waals surface area contributed by atoms with Crippen LogP contribution < -0.4 is 11.1 Å². The van der Waals surface area contributed by atoms with Crippen molar-refractivity contribution in [1.29, 1.82) is 0 Å². The summed E-state index contributed by atoms with van der Waals surface area (Å²) in [6.07, 6.45) is 0.346. The molecule has 0 aliphatic carbocycles. The van der Waals surface area contributed by atoms with Gasteiger partial charge in [-0.3, -0.25) is 4.79 Å². The maximum Gasteiger partial charge on any atom is 0.335 e. The first kappa shape index (κ1) is 15.8. The predicted octanol–water partition coefficient (Wildman–Crippen LogP) is 1.64. The van der Waals surface area contributed by atoms with Crippen LogP contribution in [0.5, 0.6) is 0 Å². The van der Waals surface area contributed by atoms with Crippen molar-refractivity contribution in [2.24, 2.45) is 0 Å². The number of carboxylic acid groups (broad SMARTS) is 1. The highest BCUT2D eigenvalue weighted by Gasteiger charge is 2.10. The lowest BCUT2D eigenvalue weighted by molar-refractivity contribution is -0.130. The number of carboxylic acids is 1. The first-order valence-electron chi connectivity index (χ1n) is 6.64. The van der Waals surface area contributed by atoms with Gasteiger partial charge in [-0.25, -0.2) is 4.79 Å². The standard InChI is InChI=1S/C14H21N3O3/c1-3-17(4-2)13(18)7-8-16-12-9-10(14(19)20)5-6-11(12)15/h5-6,9,16H,3-4,7-8,15H2,1-2H3,(H,19,20). The van der Waals surface area contributed by atoms with Crippen molar-refractivity contribution in [3.63, 3.8) is 0 Å². The maximum atomic E-state index is 11.8. The fourth-order valence-electron chi connectivity index (χ4n) is 1.88. The van der Waals surface area contributed by atoms with Crippen molar-refractivity contribution in [1.82, 2.24) is 4.90 Å². The minimum atomic E-state index is -1.01. The van der Waals surface area contributed by atoms with Crippen LogP contribution in [-0.4, -0.2) is 41.5 Å². The molecule has 0 saturated carbocycles. The monoisotopic (exact) mass is 279 g/mol. The van der Waals surface area contributed by atoms with Crippen molar-refractivity contribution < 1.29 is 14.7 Å². The van der Waals surface area contributed by atoms with E-state index in [2.05, 4.69) is 5.32 Å². The Kier molecular flexibility index (Phi) is 5.83. The van der Waals surface area contributed by atoms with Crippen molar-refractivity contribution in [3.05, 3.63) is 23.8 Å². The molecule has 1 aromatic carbocycles. The molecule has 0 aliphatic rings. The zero-order valence-electron chi connectivity index (χ0n) is 11.8. The average Bonchev–Trinajstić information content (AvgIpc) is 2.42. The van der Waals surface area contributed by atoms with Crippen molar-refractivity contribution in [2.75, 3.05) is 30.7 Å². The van der Waals surface area contributed by atoms with E-state index in [1.807, 2.05) is 13.8 Å². The highest BCUT2D eigenvalue weighted by atomic mass is 16.4. The third kappa shape index (κ3) is 4.15. The topological polar surface area (TPSA) is 95.7 Å². The molecule has 110 valence electrons. The quantitative estimate of drug-likeness (QED) is 0.659. The van der Waals surface area contributed by atoms with Crippen LogP contribution in [-0.2, 0) is 4.79 Å². The van der Waals surface area contributed by atoms with Gasteiger partial charge in [0, 0.05) is 26.1 Å². The Morgan fingerprint density at radius 1 is 1.30 bits per heavy atom. The van der Waals surface area contributed by atoms with E-state index >= 15 is 0 Å². The predicted molar refractivity (Wildman–Crippen MR) is 78.8 cm³/mol. The molecule has 0 saturated heterocycles. The van der Waals surface area contributed by atoms with Gasteiger partial charge < -0.3 is 21.1 Å². The van der Waals surface area contributed by atoms with Crippen LogP contribution in [0.2, 0.25) is 0 Å². The van der Waals surface area contributed by atoms with E-state index in [1.165, 1.54) is 18.2 Å². The van der Waals surface area contributed by atoms with Gasteiger partial charge in [0.1, 0.15) is 0 Å². The molecule has 0 aliphatic heterocycles. The summed E-state index contributed by atoms with van der Waals surface area (Å²) < 4.78 is 0. The molecule has 0 unspecified atom stereocenters. The lowest BCUT2D eigenvalue weighted by Gasteiger charge is -2.19. The van der Waals surface area contributed by atoms with Gasteiger partial charge in [0.05, 0.1) is 16.9 Å². The van der Waals surface area contributed by atoms with E-state index in [9.17, 15) is 9.59 Å². The number of nitrogens with two attached hydrogens (primary N) is 1. The molecule has 1 amide bonds. The Hall–Kier alpha value is -2.24. The highest BCUT2D eigenvalue weighted by Crippen LogP contribution is 2.20. The van der Waals surface area contributed by atoms with Crippen LogP contribution in [0.4, 0.5) is 11.4 Å². The fraction of sp³-hybridized carbons (Fsp3) is 0.429. The molecular weight excluding hydrogens is 258 g/mol. The van der Waals surface area contributed by atoms with E-state index in [1.54, 1.807) is 4.90 Å². The van der Waals surface area contributed by atoms with E-state index in [-0.39, 0.29) is 11.5 Å². The average molecular weight is 279 g/mol. The molecule has 6 heteroatoms. The molecule has 0 heterocycles. The second-order valence-electron chi connectivity index (χ2n) is 4.35. The third-order valence-electron chi connectivity index (χ3n) is 3.07. The Morgan fingerprint density at radius 3 is 2.50 bits per heavy atom. The Morgan fingerprint density at radius 2 is 1.95 bits per heavy atom.